The summed E-state index contributed by atoms with van der Waals surface area (Å²) in [6, 6.07) is 6.22. The van der Waals surface area contributed by atoms with Crippen LogP contribution in [0.25, 0.3) is 22.3 Å². The van der Waals surface area contributed by atoms with Crippen LogP contribution in [0.3, 0.4) is 0 Å². The van der Waals surface area contributed by atoms with Gasteiger partial charge in [-0.1, -0.05) is 12.1 Å². The minimum Gasteiger partial charge on any atom is -0.485 e. The number of para-hydroxylation sites is 1. The van der Waals surface area contributed by atoms with Gasteiger partial charge in [0.25, 0.3) is 0 Å². The molecule has 1 aromatic carbocycles. The minimum atomic E-state index is -0.267. The second-order valence-corrected chi connectivity index (χ2v) is 9.03. The molecule has 0 N–H and O–H groups in total. The summed E-state index contributed by atoms with van der Waals surface area (Å²) >= 11 is 3.68. The van der Waals surface area contributed by atoms with Gasteiger partial charge in [0.15, 0.2) is 11.6 Å². The second kappa shape index (κ2) is 6.13. The van der Waals surface area contributed by atoms with Crippen molar-refractivity contribution in [1.82, 2.24) is 14.5 Å². The summed E-state index contributed by atoms with van der Waals surface area (Å²) < 4.78 is 9.17. The van der Waals surface area contributed by atoms with Crippen molar-refractivity contribution < 1.29 is 4.74 Å². The van der Waals surface area contributed by atoms with E-state index in [9.17, 15) is 0 Å². The van der Waals surface area contributed by atoms with E-state index in [-0.39, 0.29) is 11.1 Å². The fourth-order valence-electron chi connectivity index (χ4n) is 2.81. The largest absolute Gasteiger partial charge is 0.485 e. The van der Waals surface area contributed by atoms with E-state index in [1.807, 2.05) is 26.8 Å². The zero-order valence-electron chi connectivity index (χ0n) is 15.6. The van der Waals surface area contributed by atoms with Gasteiger partial charge < -0.3 is 9.30 Å². The lowest BCUT2D eigenvalue weighted by Crippen LogP contribution is -2.23. The summed E-state index contributed by atoms with van der Waals surface area (Å²) in [5.74, 6) is 1.37. The normalized spacial score (nSPS) is 12.6. The molecule has 2 aromatic heterocycles. The lowest BCUT2D eigenvalue weighted by Gasteiger charge is -2.24. The molecule has 0 aliphatic rings. The number of hydrogen-bond acceptors (Lipinski definition) is 3. The van der Waals surface area contributed by atoms with Crippen LogP contribution in [-0.2, 0) is 5.54 Å². The fraction of sp³-hybridized carbons (Fsp3) is 0.400. The highest BCUT2D eigenvalue weighted by Crippen LogP contribution is 2.36. The zero-order chi connectivity index (χ0) is 18.4. The Labute approximate surface area is 157 Å². The molecular formula is C20H24BrN3O. The molecule has 0 fully saturated rings. The summed E-state index contributed by atoms with van der Waals surface area (Å²) in [5.41, 5.74) is 1.83. The first-order valence-corrected chi connectivity index (χ1v) is 9.17. The van der Waals surface area contributed by atoms with Crippen molar-refractivity contribution in [1.29, 1.82) is 0 Å². The molecule has 0 aliphatic heterocycles. The van der Waals surface area contributed by atoms with Crippen molar-refractivity contribution >= 4 is 26.8 Å². The molecule has 0 radical (unpaired) electrons. The molecule has 0 atom stereocenters. The molecule has 0 saturated heterocycles. The maximum atomic E-state index is 5.82. The highest BCUT2D eigenvalue weighted by Gasteiger charge is 2.21. The van der Waals surface area contributed by atoms with Crippen LogP contribution in [0.4, 0.5) is 0 Å². The first-order valence-electron chi connectivity index (χ1n) is 8.38. The van der Waals surface area contributed by atoms with Gasteiger partial charge in [-0.3, -0.25) is 0 Å². The highest BCUT2D eigenvalue weighted by molar-refractivity contribution is 9.10. The molecule has 3 aromatic rings. The average Bonchev–Trinajstić information content (AvgIpc) is 2.84. The summed E-state index contributed by atoms with van der Waals surface area (Å²) in [5, 5.41) is 1.16. The van der Waals surface area contributed by atoms with Gasteiger partial charge in [0.05, 0.1) is 17.9 Å². The van der Waals surface area contributed by atoms with Crippen LogP contribution in [0.2, 0.25) is 0 Å². The predicted octanol–water partition coefficient (Wildman–Crippen LogP) is 5.79. The molecule has 4 nitrogen and oxygen atoms in total. The number of aromatic nitrogens is 3. The van der Waals surface area contributed by atoms with Gasteiger partial charge in [-0.05, 0) is 63.5 Å². The standard InChI is InChI=1S/C20H24BrN3O/c1-19(2,3)24-12-16(21)14-8-7-9-15(17(14)24)18-22-10-13(11-23-18)25-20(4,5)6/h7-12H,1-6H3. The Kier molecular flexibility index (Phi) is 4.40. The van der Waals surface area contributed by atoms with E-state index in [1.54, 1.807) is 12.4 Å². The van der Waals surface area contributed by atoms with Crippen LogP contribution in [0.5, 0.6) is 5.75 Å². The van der Waals surface area contributed by atoms with Gasteiger partial charge in [0.2, 0.25) is 0 Å². The van der Waals surface area contributed by atoms with Crippen molar-refractivity contribution in [2.24, 2.45) is 0 Å². The first kappa shape index (κ1) is 17.9. The summed E-state index contributed by atoms with van der Waals surface area (Å²) in [4.78, 5) is 9.10. The Hall–Kier alpha value is -1.88. The molecule has 0 unspecified atom stereocenters. The van der Waals surface area contributed by atoms with Crippen molar-refractivity contribution in [3.63, 3.8) is 0 Å². The summed E-state index contributed by atoms with van der Waals surface area (Å²) in [6.07, 6.45) is 5.61. The van der Waals surface area contributed by atoms with Gasteiger partial charge in [-0.15, -0.1) is 0 Å². The molecule has 0 amide bonds. The zero-order valence-corrected chi connectivity index (χ0v) is 17.2. The highest BCUT2D eigenvalue weighted by atomic mass is 79.9. The molecule has 3 rings (SSSR count). The Morgan fingerprint density at radius 3 is 2.20 bits per heavy atom. The third-order valence-corrected chi connectivity index (χ3v) is 4.42. The molecular weight excluding hydrogens is 378 g/mol. The van der Waals surface area contributed by atoms with E-state index >= 15 is 0 Å². The minimum absolute atomic E-state index is 0.0460. The van der Waals surface area contributed by atoms with E-state index in [2.05, 4.69) is 69.6 Å². The van der Waals surface area contributed by atoms with Gasteiger partial charge in [0, 0.05) is 27.2 Å². The van der Waals surface area contributed by atoms with E-state index in [0.29, 0.717) is 11.6 Å². The van der Waals surface area contributed by atoms with Crippen LogP contribution in [0.15, 0.2) is 41.3 Å². The van der Waals surface area contributed by atoms with Crippen molar-refractivity contribution in [2.45, 2.75) is 52.7 Å². The number of halogens is 1. The van der Waals surface area contributed by atoms with E-state index in [4.69, 9.17) is 4.74 Å². The Balaban J connectivity index is 2.13. The molecule has 132 valence electrons. The van der Waals surface area contributed by atoms with Gasteiger partial charge in [-0.2, -0.15) is 0 Å². The third kappa shape index (κ3) is 3.71. The number of benzene rings is 1. The van der Waals surface area contributed by atoms with Crippen LogP contribution < -0.4 is 4.74 Å². The molecule has 0 spiro atoms. The SMILES string of the molecule is CC(C)(C)Oc1cnc(-c2cccc3c(Br)cn(C(C)(C)C)c23)nc1. The fourth-order valence-corrected chi connectivity index (χ4v) is 3.34. The third-order valence-electron chi connectivity index (χ3n) is 3.79. The average molecular weight is 402 g/mol. The smallest absolute Gasteiger partial charge is 0.161 e. The van der Waals surface area contributed by atoms with Crippen molar-refractivity contribution in [3.8, 4) is 17.1 Å². The van der Waals surface area contributed by atoms with Crippen LogP contribution in [-0.4, -0.2) is 20.1 Å². The van der Waals surface area contributed by atoms with Gasteiger partial charge >= 0.3 is 0 Å². The first-order chi connectivity index (χ1) is 11.6. The Bertz CT molecular complexity index is 900. The van der Waals surface area contributed by atoms with Crippen molar-refractivity contribution in [3.05, 3.63) is 41.3 Å². The monoisotopic (exact) mass is 401 g/mol. The molecule has 0 aliphatic carbocycles. The van der Waals surface area contributed by atoms with Crippen LogP contribution in [0.1, 0.15) is 41.5 Å². The second-order valence-electron chi connectivity index (χ2n) is 8.18. The molecule has 25 heavy (non-hydrogen) atoms. The Morgan fingerprint density at radius 2 is 1.64 bits per heavy atom. The maximum absolute atomic E-state index is 5.82. The van der Waals surface area contributed by atoms with E-state index in [1.165, 1.54) is 0 Å². The van der Waals surface area contributed by atoms with Gasteiger partial charge in [-0.25, -0.2) is 9.97 Å². The molecule has 2 heterocycles. The number of fused-ring (bicyclic) bond motifs is 1. The lowest BCUT2D eigenvalue weighted by atomic mass is 10.1. The molecule has 0 bridgehead atoms. The quantitative estimate of drug-likeness (QED) is 0.545. The maximum Gasteiger partial charge on any atom is 0.161 e. The number of hydrogen-bond donors (Lipinski definition) is 0. The van der Waals surface area contributed by atoms with Gasteiger partial charge in [0.1, 0.15) is 5.60 Å². The van der Waals surface area contributed by atoms with E-state index < -0.39 is 0 Å². The number of nitrogens with zero attached hydrogens (tertiary/aromatic N) is 3. The van der Waals surface area contributed by atoms with E-state index in [0.717, 1.165) is 20.9 Å². The van der Waals surface area contributed by atoms with Crippen LogP contribution in [0, 0.1) is 0 Å². The summed E-state index contributed by atoms with van der Waals surface area (Å²) in [7, 11) is 0. The molecule has 0 saturated carbocycles. The lowest BCUT2D eigenvalue weighted by molar-refractivity contribution is 0.129. The van der Waals surface area contributed by atoms with Crippen molar-refractivity contribution in [2.75, 3.05) is 0 Å². The molecule has 5 heteroatoms. The summed E-state index contributed by atoms with van der Waals surface area (Å²) in [6.45, 7) is 12.6. The topological polar surface area (TPSA) is 39.9 Å². The number of rotatable bonds is 2. The predicted molar refractivity (Wildman–Crippen MR) is 106 cm³/mol. The Morgan fingerprint density at radius 1 is 1.00 bits per heavy atom. The number of ether oxygens (including phenoxy) is 1. The van der Waals surface area contributed by atoms with Crippen LogP contribution >= 0.6 is 15.9 Å².